The molecule has 0 saturated carbocycles. The molecule has 0 saturated heterocycles. The average molecular weight is 404 g/mol. The fraction of sp³-hybridized carbons (Fsp3) is 0. The van der Waals surface area contributed by atoms with Gasteiger partial charge in [0.2, 0.25) is 11.7 Å². The van der Waals surface area contributed by atoms with Crippen LogP contribution in [0.5, 0.6) is 0 Å². The highest BCUT2D eigenvalue weighted by atomic mass is 19.2. The highest BCUT2D eigenvalue weighted by Gasteiger charge is 2.29. The van der Waals surface area contributed by atoms with Gasteiger partial charge in [-0.05, 0) is 36.4 Å². The number of hydrogen-bond acceptors (Lipinski definition) is 3. The van der Waals surface area contributed by atoms with Crippen LogP contribution < -0.4 is 5.32 Å². The topological polar surface area (TPSA) is 55.1 Å². The number of nitrogens with zero attached hydrogens (tertiary/aromatic N) is 1. The Labute approximate surface area is 159 Å². The standard InChI is InChI=1S/C20H9F5N2O2/c21-14-13(15(22)17(24)18(25)16(14)23)19(28)26-10-7-5-9(6-8-10)20-27-11-3-1-2-4-12(11)29-20/h1-8H,(H,26,28). The van der Waals surface area contributed by atoms with Gasteiger partial charge in [0.1, 0.15) is 11.1 Å². The van der Waals surface area contributed by atoms with Gasteiger partial charge >= 0.3 is 0 Å². The van der Waals surface area contributed by atoms with Crippen LogP contribution in [0.2, 0.25) is 0 Å². The summed E-state index contributed by atoms with van der Waals surface area (Å²) in [5.41, 5.74) is 0.274. The van der Waals surface area contributed by atoms with Crippen LogP contribution >= 0.6 is 0 Å². The lowest BCUT2D eigenvalue weighted by molar-refractivity contribution is 0.101. The number of carbonyl (C=O) groups is 1. The van der Waals surface area contributed by atoms with Crippen LogP contribution in [0.1, 0.15) is 10.4 Å². The van der Waals surface area contributed by atoms with E-state index in [9.17, 15) is 26.7 Å². The van der Waals surface area contributed by atoms with Gasteiger partial charge in [-0.15, -0.1) is 0 Å². The number of nitrogens with one attached hydrogen (secondary N) is 1. The number of carbonyl (C=O) groups excluding carboxylic acids is 1. The number of benzene rings is 3. The van der Waals surface area contributed by atoms with Crippen LogP contribution in [0.4, 0.5) is 27.6 Å². The molecule has 0 spiro atoms. The quantitative estimate of drug-likeness (QED) is 0.281. The zero-order valence-corrected chi connectivity index (χ0v) is 14.3. The summed E-state index contributed by atoms with van der Waals surface area (Å²) < 4.78 is 72.7. The van der Waals surface area contributed by atoms with Crippen molar-refractivity contribution in [3.8, 4) is 11.5 Å². The Morgan fingerprint density at radius 2 is 1.38 bits per heavy atom. The summed E-state index contributed by atoms with van der Waals surface area (Å²) in [6.45, 7) is 0. The van der Waals surface area contributed by atoms with Gasteiger partial charge in [0, 0.05) is 11.3 Å². The molecular weight excluding hydrogens is 395 g/mol. The van der Waals surface area contributed by atoms with Crippen molar-refractivity contribution in [2.24, 2.45) is 0 Å². The first-order valence-electron chi connectivity index (χ1n) is 8.15. The van der Waals surface area contributed by atoms with Crippen LogP contribution in [0.15, 0.2) is 52.9 Å². The molecule has 1 heterocycles. The average Bonchev–Trinajstić information content (AvgIpc) is 3.16. The fourth-order valence-electron chi connectivity index (χ4n) is 2.69. The maximum atomic E-state index is 13.7. The maximum absolute atomic E-state index is 13.7. The van der Waals surface area contributed by atoms with Crippen molar-refractivity contribution in [1.29, 1.82) is 0 Å². The van der Waals surface area contributed by atoms with Crippen molar-refractivity contribution in [3.63, 3.8) is 0 Å². The number of halogens is 5. The summed E-state index contributed by atoms with van der Waals surface area (Å²) >= 11 is 0. The first-order chi connectivity index (χ1) is 13.9. The minimum atomic E-state index is -2.33. The molecule has 1 amide bonds. The van der Waals surface area contributed by atoms with E-state index >= 15 is 0 Å². The van der Waals surface area contributed by atoms with E-state index in [4.69, 9.17) is 4.42 Å². The molecule has 0 atom stereocenters. The van der Waals surface area contributed by atoms with Crippen molar-refractivity contribution in [2.75, 3.05) is 5.32 Å². The molecule has 1 N–H and O–H groups in total. The molecule has 4 nitrogen and oxygen atoms in total. The summed E-state index contributed by atoms with van der Waals surface area (Å²) in [6.07, 6.45) is 0. The minimum absolute atomic E-state index is 0.0683. The monoisotopic (exact) mass is 404 g/mol. The van der Waals surface area contributed by atoms with Gasteiger partial charge < -0.3 is 9.73 Å². The molecular formula is C20H9F5N2O2. The Balaban J connectivity index is 1.60. The van der Waals surface area contributed by atoms with Gasteiger partial charge in [-0.2, -0.15) is 0 Å². The Kier molecular flexibility index (Phi) is 4.50. The van der Waals surface area contributed by atoms with Crippen molar-refractivity contribution in [2.45, 2.75) is 0 Å². The highest BCUT2D eigenvalue weighted by Crippen LogP contribution is 2.27. The Morgan fingerprint density at radius 1 is 0.793 bits per heavy atom. The molecule has 0 aliphatic carbocycles. The third-order valence-electron chi connectivity index (χ3n) is 4.12. The van der Waals surface area contributed by atoms with E-state index < -0.39 is 40.6 Å². The van der Waals surface area contributed by atoms with E-state index in [2.05, 4.69) is 10.3 Å². The first kappa shape index (κ1) is 18.6. The SMILES string of the molecule is O=C(Nc1ccc(-c2nc3ccccc3o2)cc1)c1c(F)c(F)c(F)c(F)c1F. The summed E-state index contributed by atoms with van der Waals surface area (Å²) in [5.74, 6) is -12.3. The Morgan fingerprint density at radius 3 is 2.00 bits per heavy atom. The molecule has 3 aromatic carbocycles. The maximum Gasteiger partial charge on any atom is 0.261 e. The molecule has 1 aromatic heterocycles. The van der Waals surface area contributed by atoms with Crippen LogP contribution in [-0.2, 0) is 0 Å². The summed E-state index contributed by atoms with van der Waals surface area (Å²) in [7, 11) is 0. The summed E-state index contributed by atoms with van der Waals surface area (Å²) in [4.78, 5) is 16.4. The lowest BCUT2D eigenvalue weighted by Gasteiger charge is -2.09. The number of amides is 1. The van der Waals surface area contributed by atoms with E-state index in [1.165, 1.54) is 24.3 Å². The van der Waals surface area contributed by atoms with Gasteiger partial charge in [0.25, 0.3) is 5.91 Å². The third kappa shape index (κ3) is 3.20. The van der Waals surface area contributed by atoms with Crippen molar-refractivity contribution >= 4 is 22.7 Å². The van der Waals surface area contributed by atoms with E-state index in [-0.39, 0.29) is 5.69 Å². The fourth-order valence-corrected chi connectivity index (χ4v) is 2.69. The predicted molar refractivity (Wildman–Crippen MR) is 93.6 cm³/mol. The second-order valence-electron chi connectivity index (χ2n) is 5.96. The molecule has 29 heavy (non-hydrogen) atoms. The van der Waals surface area contributed by atoms with Gasteiger partial charge in [-0.25, -0.2) is 26.9 Å². The smallest absolute Gasteiger partial charge is 0.261 e. The van der Waals surface area contributed by atoms with Crippen LogP contribution in [-0.4, -0.2) is 10.9 Å². The normalized spacial score (nSPS) is 11.1. The number of anilines is 1. The lowest BCUT2D eigenvalue weighted by atomic mass is 10.1. The number of hydrogen-bond donors (Lipinski definition) is 1. The number of rotatable bonds is 3. The van der Waals surface area contributed by atoms with E-state index in [1.807, 2.05) is 0 Å². The van der Waals surface area contributed by atoms with Crippen LogP contribution in [0.3, 0.4) is 0 Å². The number of oxazole rings is 1. The van der Waals surface area contributed by atoms with Crippen LogP contribution in [0.25, 0.3) is 22.6 Å². The molecule has 0 aliphatic heterocycles. The lowest BCUT2D eigenvalue weighted by Crippen LogP contribution is -2.19. The molecule has 4 aromatic rings. The molecule has 0 radical (unpaired) electrons. The number of fused-ring (bicyclic) bond motifs is 1. The zero-order valence-electron chi connectivity index (χ0n) is 14.3. The first-order valence-corrected chi connectivity index (χ1v) is 8.15. The van der Waals surface area contributed by atoms with Gasteiger partial charge in [0.05, 0.1) is 0 Å². The molecule has 9 heteroatoms. The molecule has 0 aliphatic rings. The van der Waals surface area contributed by atoms with Gasteiger partial charge in [-0.1, -0.05) is 12.1 Å². The van der Waals surface area contributed by atoms with E-state index in [0.717, 1.165) is 0 Å². The second kappa shape index (κ2) is 7.01. The minimum Gasteiger partial charge on any atom is -0.436 e. The molecule has 4 rings (SSSR count). The Bertz CT molecular complexity index is 1190. The van der Waals surface area contributed by atoms with Crippen molar-refractivity contribution in [3.05, 3.63) is 83.2 Å². The zero-order chi connectivity index (χ0) is 20.7. The Hall–Kier alpha value is -3.75. The summed E-state index contributed by atoms with van der Waals surface area (Å²) in [5, 5.41) is 2.09. The highest BCUT2D eigenvalue weighted by molar-refractivity contribution is 6.04. The molecule has 0 unspecified atom stereocenters. The largest absolute Gasteiger partial charge is 0.436 e. The van der Waals surface area contributed by atoms with Crippen molar-refractivity contribution < 1.29 is 31.2 Å². The van der Waals surface area contributed by atoms with Crippen molar-refractivity contribution in [1.82, 2.24) is 4.98 Å². The van der Waals surface area contributed by atoms with Gasteiger partial charge in [0.15, 0.2) is 28.9 Å². The molecule has 0 bridgehead atoms. The van der Waals surface area contributed by atoms with E-state index in [1.54, 1.807) is 24.3 Å². The second-order valence-corrected chi connectivity index (χ2v) is 5.96. The molecule has 146 valence electrons. The predicted octanol–water partition coefficient (Wildman–Crippen LogP) is 5.44. The molecule has 0 fully saturated rings. The van der Waals surface area contributed by atoms with E-state index in [0.29, 0.717) is 22.6 Å². The van der Waals surface area contributed by atoms with Crippen LogP contribution in [0, 0.1) is 29.1 Å². The van der Waals surface area contributed by atoms with Gasteiger partial charge in [-0.3, -0.25) is 4.79 Å². The number of aromatic nitrogens is 1. The summed E-state index contributed by atoms with van der Waals surface area (Å²) in [6, 6.07) is 12.9. The third-order valence-corrected chi connectivity index (χ3v) is 4.12. The number of para-hydroxylation sites is 2.